The van der Waals surface area contributed by atoms with E-state index in [0.29, 0.717) is 11.5 Å². The lowest BCUT2D eigenvalue weighted by molar-refractivity contribution is 0.665. The van der Waals surface area contributed by atoms with E-state index in [4.69, 9.17) is 14.4 Å². The Bertz CT molecular complexity index is 2130. The molecule has 5 nitrogen and oxygen atoms in total. The number of hydrogen-bond donors (Lipinski definition) is 0. The molecule has 0 radical (unpaired) electrons. The van der Waals surface area contributed by atoms with Crippen molar-refractivity contribution in [2.45, 2.75) is 0 Å². The second-order valence-corrected chi connectivity index (χ2v) is 9.90. The molecule has 0 aliphatic heterocycles. The fourth-order valence-electron chi connectivity index (χ4n) is 6.13. The zero-order chi connectivity index (χ0) is 25.5. The fraction of sp³-hybridized carbons (Fsp3) is 0. The van der Waals surface area contributed by atoms with Gasteiger partial charge < -0.3 is 8.98 Å². The van der Waals surface area contributed by atoms with E-state index in [1.807, 2.05) is 6.07 Å². The van der Waals surface area contributed by atoms with E-state index in [0.717, 1.165) is 33.2 Å². The number of hydrogen-bond acceptors (Lipinski definition) is 3. The van der Waals surface area contributed by atoms with Crippen molar-refractivity contribution in [1.29, 1.82) is 0 Å². The zero-order valence-corrected chi connectivity index (χ0v) is 20.7. The van der Waals surface area contributed by atoms with Crippen molar-refractivity contribution in [3.05, 3.63) is 121 Å². The van der Waals surface area contributed by atoms with Gasteiger partial charge in [0.1, 0.15) is 11.1 Å². The van der Waals surface area contributed by atoms with Crippen LogP contribution in [0.3, 0.4) is 0 Å². The lowest BCUT2D eigenvalue weighted by Gasteiger charge is -2.08. The quantitative estimate of drug-likeness (QED) is 0.239. The number of aromatic nitrogens is 4. The maximum atomic E-state index is 6.20. The average Bonchev–Trinajstić information content (AvgIpc) is 3.64. The number of para-hydroxylation sites is 4. The first-order valence-corrected chi connectivity index (χ1v) is 13.0. The normalized spacial score (nSPS) is 12.1. The number of nitrogens with zero attached hydrogens (tertiary/aromatic N) is 4. The summed E-state index contributed by atoms with van der Waals surface area (Å²) in [5.41, 5.74) is 7.85. The molecule has 0 saturated heterocycles. The van der Waals surface area contributed by atoms with Gasteiger partial charge in [-0.05, 0) is 42.5 Å². The summed E-state index contributed by atoms with van der Waals surface area (Å²) < 4.78 is 10.7. The first-order valence-electron chi connectivity index (χ1n) is 13.0. The molecule has 0 spiro atoms. The third-order valence-electron chi connectivity index (χ3n) is 7.80. The largest absolute Gasteiger partial charge is 0.453 e. The Morgan fingerprint density at radius 3 is 1.56 bits per heavy atom. The van der Waals surface area contributed by atoms with Crippen molar-refractivity contribution in [2.75, 3.05) is 0 Å². The van der Waals surface area contributed by atoms with Gasteiger partial charge in [-0.2, -0.15) is 0 Å². The highest BCUT2D eigenvalue weighted by Gasteiger charge is 2.18. The van der Waals surface area contributed by atoms with Crippen LogP contribution in [0.25, 0.3) is 77.3 Å². The summed E-state index contributed by atoms with van der Waals surface area (Å²) in [6.45, 7) is 0. The summed E-state index contributed by atoms with van der Waals surface area (Å²) in [7, 11) is 0. The molecule has 0 aliphatic rings. The molecular formula is C34H20N4O. The molecule has 182 valence electrons. The molecule has 39 heavy (non-hydrogen) atoms. The third-order valence-corrected chi connectivity index (χ3v) is 7.80. The number of benzene rings is 5. The topological polar surface area (TPSA) is 48.8 Å². The molecule has 9 aromatic rings. The molecule has 0 unspecified atom stereocenters. The number of fused-ring (bicyclic) bond motifs is 9. The minimum Gasteiger partial charge on any atom is -0.453 e. The monoisotopic (exact) mass is 500 g/mol. The van der Waals surface area contributed by atoms with E-state index in [1.165, 1.54) is 32.6 Å². The van der Waals surface area contributed by atoms with E-state index in [1.54, 1.807) is 6.20 Å². The van der Waals surface area contributed by atoms with Gasteiger partial charge in [0.15, 0.2) is 5.58 Å². The summed E-state index contributed by atoms with van der Waals surface area (Å²) in [5, 5.41) is 5.81. The molecular weight excluding hydrogens is 480 g/mol. The molecule has 0 fully saturated rings. The van der Waals surface area contributed by atoms with Gasteiger partial charge in [0, 0.05) is 32.6 Å². The SMILES string of the molecule is c1ccc2c(c1)c1ccccc1n2-c1ccc2oc3cnc(-n4c5ccccc5c5ccccc54)nc3c2c1. The van der Waals surface area contributed by atoms with Crippen LogP contribution in [0.1, 0.15) is 0 Å². The molecule has 4 aromatic heterocycles. The van der Waals surface area contributed by atoms with Gasteiger partial charge in [0.2, 0.25) is 5.95 Å². The first kappa shape index (κ1) is 20.6. The van der Waals surface area contributed by atoms with Crippen LogP contribution in [0.15, 0.2) is 126 Å². The second-order valence-electron chi connectivity index (χ2n) is 9.90. The summed E-state index contributed by atoms with van der Waals surface area (Å²) in [5.74, 6) is 0.630. The summed E-state index contributed by atoms with van der Waals surface area (Å²) in [6, 6.07) is 40.2. The van der Waals surface area contributed by atoms with E-state index in [2.05, 4.69) is 118 Å². The van der Waals surface area contributed by atoms with Crippen LogP contribution in [-0.2, 0) is 0 Å². The predicted octanol–water partition coefficient (Wildman–Crippen LogP) is 8.57. The smallest absolute Gasteiger partial charge is 0.235 e. The standard InChI is InChI=1S/C34H20N4O/c1-5-13-27-22(9-1)23-10-2-6-14-28(23)37(27)21-17-18-31-26(19-21)33-32(39-31)20-35-34(36-33)38-29-15-7-3-11-24(29)25-12-4-8-16-30(25)38/h1-20H. The Morgan fingerprint density at radius 1 is 0.487 bits per heavy atom. The third kappa shape index (κ3) is 2.79. The first-order chi connectivity index (χ1) is 19.3. The predicted molar refractivity (Wildman–Crippen MR) is 158 cm³/mol. The van der Waals surface area contributed by atoms with Gasteiger partial charge in [0.25, 0.3) is 0 Å². The van der Waals surface area contributed by atoms with Crippen molar-refractivity contribution < 1.29 is 4.42 Å². The summed E-state index contributed by atoms with van der Waals surface area (Å²) >= 11 is 0. The fourth-order valence-corrected chi connectivity index (χ4v) is 6.13. The Labute approximate surface area is 222 Å². The molecule has 4 heterocycles. The van der Waals surface area contributed by atoms with E-state index in [9.17, 15) is 0 Å². The Hall–Kier alpha value is -5.42. The van der Waals surface area contributed by atoms with Crippen LogP contribution in [-0.4, -0.2) is 19.1 Å². The zero-order valence-electron chi connectivity index (χ0n) is 20.7. The van der Waals surface area contributed by atoms with Crippen molar-refractivity contribution in [3.8, 4) is 11.6 Å². The number of furan rings is 1. The maximum absolute atomic E-state index is 6.20. The highest BCUT2D eigenvalue weighted by Crippen LogP contribution is 2.36. The van der Waals surface area contributed by atoms with E-state index >= 15 is 0 Å². The second kappa shape index (κ2) is 7.55. The Balaban J connectivity index is 1.32. The van der Waals surface area contributed by atoms with Gasteiger partial charge in [0.05, 0.1) is 28.3 Å². The van der Waals surface area contributed by atoms with Gasteiger partial charge in [-0.25, -0.2) is 9.97 Å². The Morgan fingerprint density at radius 2 is 1.00 bits per heavy atom. The van der Waals surface area contributed by atoms with Crippen LogP contribution in [0, 0.1) is 0 Å². The van der Waals surface area contributed by atoms with E-state index < -0.39 is 0 Å². The maximum Gasteiger partial charge on any atom is 0.235 e. The number of rotatable bonds is 2. The lowest BCUT2D eigenvalue weighted by Crippen LogP contribution is -2.00. The van der Waals surface area contributed by atoms with Crippen LogP contribution in [0.4, 0.5) is 0 Å². The molecule has 5 aromatic carbocycles. The highest BCUT2D eigenvalue weighted by atomic mass is 16.3. The van der Waals surface area contributed by atoms with Gasteiger partial charge in [-0.1, -0.05) is 72.8 Å². The molecule has 0 aliphatic carbocycles. The van der Waals surface area contributed by atoms with E-state index in [-0.39, 0.29) is 0 Å². The highest BCUT2D eigenvalue weighted by molar-refractivity contribution is 6.11. The van der Waals surface area contributed by atoms with Crippen LogP contribution < -0.4 is 0 Å². The molecule has 0 N–H and O–H groups in total. The van der Waals surface area contributed by atoms with Crippen molar-refractivity contribution in [2.24, 2.45) is 0 Å². The average molecular weight is 501 g/mol. The Kier molecular flexibility index (Phi) is 3.99. The minimum absolute atomic E-state index is 0.630. The van der Waals surface area contributed by atoms with Gasteiger partial charge in [-0.15, -0.1) is 0 Å². The van der Waals surface area contributed by atoms with Gasteiger partial charge >= 0.3 is 0 Å². The van der Waals surface area contributed by atoms with Crippen molar-refractivity contribution in [3.63, 3.8) is 0 Å². The van der Waals surface area contributed by atoms with Crippen molar-refractivity contribution in [1.82, 2.24) is 19.1 Å². The summed E-state index contributed by atoms with van der Waals surface area (Å²) in [6.07, 6.45) is 1.79. The molecule has 0 saturated carbocycles. The molecule has 9 rings (SSSR count). The van der Waals surface area contributed by atoms with Crippen molar-refractivity contribution >= 4 is 65.7 Å². The summed E-state index contributed by atoms with van der Waals surface area (Å²) in [4.78, 5) is 9.85. The van der Waals surface area contributed by atoms with Crippen LogP contribution in [0.5, 0.6) is 0 Å². The molecule has 5 heteroatoms. The minimum atomic E-state index is 0.630. The van der Waals surface area contributed by atoms with Crippen LogP contribution in [0.2, 0.25) is 0 Å². The lowest BCUT2D eigenvalue weighted by atomic mass is 10.2. The van der Waals surface area contributed by atoms with Crippen LogP contribution >= 0.6 is 0 Å². The van der Waals surface area contributed by atoms with Gasteiger partial charge in [-0.3, -0.25) is 4.57 Å². The molecule has 0 bridgehead atoms. The molecule has 0 atom stereocenters. The molecule has 0 amide bonds.